The SMILES string of the molecule is Cc1nc2c(c(=O)nc3n2C(C)[C@@H](C)N3)n1Cc1ccccc1. The molecular formula is C17H19N5O. The van der Waals surface area contributed by atoms with Crippen molar-refractivity contribution in [2.75, 3.05) is 5.32 Å². The van der Waals surface area contributed by atoms with Crippen LogP contribution >= 0.6 is 0 Å². The summed E-state index contributed by atoms with van der Waals surface area (Å²) in [6, 6.07) is 10.5. The molecule has 0 bridgehead atoms. The maximum Gasteiger partial charge on any atom is 0.300 e. The van der Waals surface area contributed by atoms with Crippen molar-refractivity contribution in [2.45, 2.75) is 39.4 Å². The van der Waals surface area contributed by atoms with Crippen LogP contribution in [0.4, 0.5) is 5.95 Å². The summed E-state index contributed by atoms with van der Waals surface area (Å²) in [6.45, 7) is 6.76. The highest BCUT2D eigenvalue weighted by molar-refractivity contribution is 5.74. The number of nitrogens with one attached hydrogen (secondary N) is 1. The summed E-state index contributed by atoms with van der Waals surface area (Å²) in [6.07, 6.45) is 0. The fourth-order valence-electron chi connectivity index (χ4n) is 3.23. The average Bonchev–Trinajstić information content (AvgIpc) is 2.99. The first-order valence-electron chi connectivity index (χ1n) is 7.86. The molecule has 2 aromatic heterocycles. The molecule has 2 atom stereocenters. The molecule has 3 heterocycles. The molecule has 0 fully saturated rings. The monoisotopic (exact) mass is 309 g/mol. The van der Waals surface area contributed by atoms with E-state index in [1.165, 1.54) is 0 Å². The van der Waals surface area contributed by atoms with E-state index < -0.39 is 0 Å². The van der Waals surface area contributed by atoms with E-state index in [0.29, 0.717) is 18.0 Å². The fourth-order valence-corrected chi connectivity index (χ4v) is 3.23. The number of imidazole rings is 1. The molecule has 0 radical (unpaired) electrons. The largest absolute Gasteiger partial charge is 0.351 e. The second-order valence-corrected chi connectivity index (χ2v) is 6.19. The number of nitrogens with zero attached hydrogens (tertiary/aromatic N) is 4. The van der Waals surface area contributed by atoms with Gasteiger partial charge in [0.15, 0.2) is 11.2 Å². The first-order valence-corrected chi connectivity index (χ1v) is 7.86. The zero-order valence-electron chi connectivity index (χ0n) is 13.4. The molecule has 1 unspecified atom stereocenters. The van der Waals surface area contributed by atoms with Gasteiger partial charge in [-0.05, 0) is 26.3 Å². The summed E-state index contributed by atoms with van der Waals surface area (Å²) in [7, 11) is 0. The van der Waals surface area contributed by atoms with Gasteiger partial charge in [0.05, 0.1) is 6.04 Å². The second-order valence-electron chi connectivity index (χ2n) is 6.19. The minimum Gasteiger partial charge on any atom is -0.351 e. The average molecular weight is 309 g/mol. The Bertz CT molecular complexity index is 941. The van der Waals surface area contributed by atoms with Crippen molar-refractivity contribution in [2.24, 2.45) is 0 Å². The number of fused-ring (bicyclic) bond motifs is 3. The predicted molar refractivity (Wildman–Crippen MR) is 89.9 cm³/mol. The smallest absolute Gasteiger partial charge is 0.300 e. The van der Waals surface area contributed by atoms with E-state index in [1.807, 2.05) is 34.3 Å². The third-order valence-corrected chi connectivity index (χ3v) is 4.68. The molecule has 1 aliphatic heterocycles. The first kappa shape index (κ1) is 14.0. The fraction of sp³-hybridized carbons (Fsp3) is 0.353. The summed E-state index contributed by atoms with van der Waals surface area (Å²) in [4.78, 5) is 21.5. The van der Waals surface area contributed by atoms with Gasteiger partial charge in [-0.15, -0.1) is 0 Å². The van der Waals surface area contributed by atoms with Crippen LogP contribution in [0.2, 0.25) is 0 Å². The molecule has 3 aromatic rings. The molecule has 0 saturated carbocycles. The number of aromatic nitrogens is 4. The Morgan fingerprint density at radius 3 is 2.65 bits per heavy atom. The number of anilines is 1. The summed E-state index contributed by atoms with van der Waals surface area (Å²) < 4.78 is 4.00. The van der Waals surface area contributed by atoms with E-state index in [-0.39, 0.29) is 17.6 Å². The number of hydrogen-bond acceptors (Lipinski definition) is 4. The maximum atomic E-state index is 12.6. The Labute approximate surface area is 133 Å². The van der Waals surface area contributed by atoms with Gasteiger partial charge >= 0.3 is 5.56 Å². The van der Waals surface area contributed by atoms with Crippen molar-refractivity contribution < 1.29 is 0 Å². The van der Waals surface area contributed by atoms with Gasteiger partial charge in [-0.1, -0.05) is 30.3 Å². The summed E-state index contributed by atoms with van der Waals surface area (Å²) >= 11 is 0. The zero-order valence-corrected chi connectivity index (χ0v) is 13.4. The molecule has 1 N–H and O–H groups in total. The minimum atomic E-state index is -0.225. The predicted octanol–water partition coefficient (Wildman–Crippen LogP) is 2.32. The number of rotatable bonds is 2. The highest BCUT2D eigenvalue weighted by Crippen LogP contribution is 2.29. The molecule has 118 valence electrons. The van der Waals surface area contributed by atoms with Crippen molar-refractivity contribution in [3.8, 4) is 0 Å². The van der Waals surface area contributed by atoms with Crippen LogP contribution in [0, 0.1) is 6.92 Å². The van der Waals surface area contributed by atoms with E-state index in [4.69, 9.17) is 0 Å². The molecule has 6 heteroatoms. The van der Waals surface area contributed by atoms with Crippen LogP contribution in [0.3, 0.4) is 0 Å². The Morgan fingerprint density at radius 2 is 1.91 bits per heavy atom. The molecule has 0 spiro atoms. The van der Waals surface area contributed by atoms with Crippen molar-refractivity contribution in [1.82, 2.24) is 19.1 Å². The summed E-state index contributed by atoms with van der Waals surface area (Å²) in [5, 5.41) is 3.26. The van der Waals surface area contributed by atoms with Gasteiger partial charge < -0.3 is 9.88 Å². The molecule has 1 aromatic carbocycles. The topological polar surface area (TPSA) is 64.7 Å². The minimum absolute atomic E-state index is 0.208. The van der Waals surface area contributed by atoms with Crippen molar-refractivity contribution >= 4 is 17.1 Å². The molecule has 0 saturated heterocycles. The van der Waals surface area contributed by atoms with Crippen LogP contribution in [0.15, 0.2) is 35.1 Å². The van der Waals surface area contributed by atoms with Crippen LogP contribution in [-0.4, -0.2) is 25.1 Å². The number of aryl methyl sites for hydroxylation is 1. The van der Waals surface area contributed by atoms with E-state index in [2.05, 4.69) is 41.3 Å². The third-order valence-electron chi connectivity index (χ3n) is 4.68. The van der Waals surface area contributed by atoms with Gasteiger partial charge in [-0.25, -0.2) is 4.98 Å². The van der Waals surface area contributed by atoms with Crippen molar-refractivity contribution in [3.63, 3.8) is 0 Å². The van der Waals surface area contributed by atoms with Gasteiger partial charge in [0, 0.05) is 12.6 Å². The first-order chi connectivity index (χ1) is 11.1. The van der Waals surface area contributed by atoms with Gasteiger partial charge in [-0.2, -0.15) is 4.98 Å². The van der Waals surface area contributed by atoms with Gasteiger partial charge in [0.25, 0.3) is 0 Å². The van der Waals surface area contributed by atoms with Gasteiger partial charge in [0.2, 0.25) is 5.95 Å². The van der Waals surface area contributed by atoms with Crippen molar-refractivity contribution in [3.05, 3.63) is 52.1 Å². The standard InChI is InChI=1S/C17H19N5O/c1-10-11(2)22-15-14(16(23)20-17(22)18-10)21(12(3)19-15)9-13-7-5-4-6-8-13/h4-8,10-11H,9H2,1-3H3,(H,18,20,23)/t10-,11?/m1/s1. The number of hydrogen-bond donors (Lipinski definition) is 1. The van der Waals surface area contributed by atoms with Crippen LogP contribution in [0.5, 0.6) is 0 Å². The molecular weight excluding hydrogens is 290 g/mol. The lowest BCUT2D eigenvalue weighted by Crippen LogP contribution is -2.17. The molecule has 4 rings (SSSR count). The third kappa shape index (κ3) is 2.05. The van der Waals surface area contributed by atoms with Crippen LogP contribution < -0.4 is 10.9 Å². The second kappa shape index (κ2) is 4.94. The van der Waals surface area contributed by atoms with E-state index >= 15 is 0 Å². The van der Waals surface area contributed by atoms with E-state index in [9.17, 15) is 4.79 Å². The lowest BCUT2D eigenvalue weighted by molar-refractivity contribution is 0.551. The zero-order chi connectivity index (χ0) is 16.1. The van der Waals surface area contributed by atoms with Crippen LogP contribution in [0.1, 0.15) is 31.3 Å². The molecule has 0 amide bonds. The maximum absolute atomic E-state index is 12.6. The molecule has 23 heavy (non-hydrogen) atoms. The normalized spacial score (nSPS) is 19.8. The Balaban J connectivity index is 1.94. The van der Waals surface area contributed by atoms with Gasteiger partial charge in [0.1, 0.15) is 5.82 Å². The molecule has 0 aliphatic carbocycles. The highest BCUT2D eigenvalue weighted by Gasteiger charge is 2.30. The van der Waals surface area contributed by atoms with E-state index in [1.54, 1.807) is 0 Å². The van der Waals surface area contributed by atoms with Crippen LogP contribution in [-0.2, 0) is 6.54 Å². The van der Waals surface area contributed by atoms with E-state index in [0.717, 1.165) is 17.0 Å². The Kier molecular flexibility index (Phi) is 3.01. The summed E-state index contributed by atoms with van der Waals surface area (Å²) in [5.41, 5.74) is 2.21. The number of benzene rings is 1. The van der Waals surface area contributed by atoms with Crippen LogP contribution in [0.25, 0.3) is 11.2 Å². The Morgan fingerprint density at radius 1 is 1.17 bits per heavy atom. The molecule has 6 nitrogen and oxygen atoms in total. The lowest BCUT2D eigenvalue weighted by Gasteiger charge is -2.11. The lowest BCUT2D eigenvalue weighted by atomic mass is 10.2. The quantitative estimate of drug-likeness (QED) is 0.789. The highest BCUT2D eigenvalue weighted by atomic mass is 16.1. The van der Waals surface area contributed by atoms with Gasteiger partial charge in [-0.3, -0.25) is 9.36 Å². The van der Waals surface area contributed by atoms with Crippen molar-refractivity contribution in [1.29, 1.82) is 0 Å². The Hall–Kier alpha value is -2.63. The summed E-state index contributed by atoms with van der Waals surface area (Å²) in [5.74, 6) is 1.45. The molecule has 1 aliphatic rings.